The second kappa shape index (κ2) is 5.17. The molecule has 7 heteroatoms. The minimum atomic E-state index is -0.823. The van der Waals surface area contributed by atoms with Crippen molar-refractivity contribution in [2.24, 2.45) is 11.7 Å². The summed E-state index contributed by atoms with van der Waals surface area (Å²) >= 11 is 0. The monoisotopic (exact) mass is 287 g/mol. The van der Waals surface area contributed by atoms with E-state index in [-0.39, 0.29) is 11.9 Å². The normalized spacial score (nSPS) is 21.0. The fourth-order valence-electron chi connectivity index (χ4n) is 2.84. The minimum absolute atomic E-state index is 0.150. The molecule has 1 aromatic carbocycles. The summed E-state index contributed by atoms with van der Waals surface area (Å²) in [4.78, 5) is 15.7. The molecule has 0 radical (unpaired) electrons. The number of carbonyl (C=O) groups is 1. The molecule has 0 saturated heterocycles. The minimum Gasteiger partial charge on any atom is -0.481 e. The fourth-order valence-corrected chi connectivity index (χ4v) is 2.84. The molecule has 1 aliphatic rings. The van der Waals surface area contributed by atoms with Gasteiger partial charge in [-0.3, -0.25) is 4.79 Å². The summed E-state index contributed by atoms with van der Waals surface area (Å²) in [6.45, 7) is 0.940. The second-order valence-electron chi connectivity index (χ2n) is 5.27. The maximum atomic E-state index is 11.6. The highest BCUT2D eigenvalue weighted by Gasteiger charge is 2.36. The molecule has 0 amide bonds. The van der Waals surface area contributed by atoms with Crippen LogP contribution in [0.2, 0.25) is 0 Å². The summed E-state index contributed by atoms with van der Waals surface area (Å²) in [5, 5.41) is 13.6. The first kappa shape index (κ1) is 13.6. The van der Waals surface area contributed by atoms with Crippen molar-refractivity contribution < 1.29 is 9.90 Å². The molecule has 110 valence electrons. The van der Waals surface area contributed by atoms with Gasteiger partial charge in [-0.2, -0.15) is 4.98 Å². The van der Waals surface area contributed by atoms with Gasteiger partial charge in [-0.25, -0.2) is 4.68 Å². The zero-order valence-electron chi connectivity index (χ0n) is 11.4. The number of nitrogens with zero attached hydrogens (tertiary/aromatic N) is 3. The highest BCUT2D eigenvalue weighted by atomic mass is 16.4. The number of hydrogen-bond donors (Lipinski definition) is 3. The van der Waals surface area contributed by atoms with Gasteiger partial charge in [-0.15, -0.1) is 5.10 Å². The number of benzene rings is 1. The lowest BCUT2D eigenvalue weighted by molar-refractivity contribution is -0.143. The van der Waals surface area contributed by atoms with Crippen LogP contribution < -0.4 is 11.5 Å². The van der Waals surface area contributed by atoms with Gasteiger partial charge in [-0.1, -0.05) is 24.3 Å². The van der Waals surface area contributed by atoms with E-state index in [1.807, 2.05) is 24.3 Å². The van der Waals surface area contributed by atoms with Crippen molar-refractivity contribution in [3.63, 3.8) is 0 Å². The van der Waals surface area contributed by atoms with Crippen molar-refractivity contribution in [2.75, 3.05) is 5.73 Å². The number of rotatable bonds is 3. The van der Waals surface area contributed by atoms with E-state index < -0.39 is 11.9 Å². The number of carboxylic acids is 1. The molecule has 1 aliphatic heterocycles. The molecule has 2 heterocycles. The van der Waals surface area contributed by atoms with Crippen LogP contribution in [0.5, 0.6) is 0 Å². The van der Waals surface area contributed by atoms with E-state index in [9.17, 15) is 9.90 Å². The average molecular weight is 287 g/mol. The van der Waals surface area contributed by atoms with E-state index in [4.69, 9.17) is 11.5 Å². The molecule has 2 aromatic rings. The second-order valence-corrected chi connectivity index (χ2v) is 5.27. The quantitative estimate of drug-likeness (QED) is 0.749. The lowest BCUT2D eigenvalue weighted by Crippen LogP contribution is -2.33. The Morgan fingerprint density at radius 3 is 2.71 bits per heavy atom. The highest BCUT2D eigenvalue weighted by Crippen LogP contribution is 2.33. The molecule has 0 bridgehead atoms. The van der Waals surface area contributed by atoms with Crippen LogP contribution in [0.1, 0.15) is 22.9 Å². The van der Waals surface area contributed by atoms with Crippen LogP contribution in [-0.4, -0.2) is 25.8 Å². The molecule has 0 aliphatic carbocycles. The molecule has 0 fully saturated rings. The summed E-state index contributed by atoms with van der Waals surface area (Å²) < 4.78 is 1.70. The molecule has 3 rings (SSSR count). The molecule has 2 atom stereocenters. The molecule has 2 unspecified atom stereocenters. The predicted octanol–water partition coefficient (Wildman–Crippen LogP) is 0.360. The smallest absolute Gasteiger partial charge is 0.307 e. The van der Waals surface area contributed by atoms with Gasteiger partial charge in [0.2, 0.25) is 5.95 Å². The van der Waals surface area contributed by atoms with Crippen molar-refractivity contribution in [3.05, 3.63) is 41.2 Å². The van der Waals surface area contributed by atoms with Gasteiger partial charge >= 0.3 is 5.97 Å². The van der Waals surface area contributed by atoms with Gasteiger partial charge in [0.05, 0.1) is 12.5 Å². The number of fused-ring (bicyclic) bond motifs is 1. The third-order valence-electron chi connectivity index (χ3n) is 3.98. The number of hydrogen-bond acceptors (Lipinski definition) is 5. The number of aromatic nitrogens is 3. The lowest BCUT2D eigenvalue weighted by Gasteiger charge is -2.29. The van der Waals surface area contributed by atoms with Crippen LogP contribution in [0.3, 0.4) is 0 Å². The third-order valence-corrected chi connectivity index (χ3v) is 3.98. The zero-order chi connectivity index (χ0) is 15.0. The van der Waals surface area contributed by atoms with Crippen LogP contribution in [0.25, 0.3) is 0 Å². The molecular formula is C14H17N5O2. The maximum absolute atomic E-state index is 11.6. The number of anilines is 1. The van der Waals surface area contributed by atoms with E-state index in [2.05, 4.69) is 10.1 Å². The lowest BCUT2D eigenvalue weighted by atomic mass is 9.81. The Morgan fingerprint density at radius 1 is 1.38 bits per heavy atom. The maximum Gasteiger partial charge on any atom is 0.307 e. The summed E-state index contributed by atoms with van der Waals surface area (Å²) in [5.41, 5.74) is 13.2. The largest absolute Gasteiger partial charge is 0.481 e. The van der Waals surface area contributed by atoms with Crippen LogP contribution in [0, 0.1) is 5.92 Å². The van der Waals surface area contributed by atoms with Crippen molar-refractivity contribution in [2.45, 2.75) is 25.4 Å². The van der Waals surface area contributed by atoms with E-state index in [0.717, 1.165) is 11.1 Å². The van der Waals surface area contributed by atoms with Crippen LogP contribution in [0.4, 0.5) is 5.95 Å². The predicted molar refractivity (Wildman–Crippen MR) is 76.3 cm³/mol. The average Bonchev–Trinajstić information content (AvgIpc) is 2.85. The Labute approximate surface area is 121 Å². The molecule has 0 spiro atoms. The van der Waals surface area contributed by atoms with Gasteiger partial charge in [0, 0.05) is 18.9 Å². The Kier molecular flexibility index (Phi) is 3.34. The summed E-state index contributed by atoms with van der Waals surface area (Å²) in [5.74, 6) is -0.675. The number of aliphatic carboxylic acids is 1. The SMILES string of the molecule is NCc1ccc(C2Cn3nc(N)nc3CC2C(=O)O)cc1. The van der Waals surface area contributed by atoms with E-state index >= 15 is 0 Å². The van der Waals surface area contributed by atoms with Gasteiger partial charge in [-0.05, 0) is 11.1 Å². The molecule has 1 aromatic heterocycles. The zero-order valence-corrected chi connectivity index (χ0v) is 11.4. The van der Waals surface area contributed by atoms with Crippen LogP contribution in [0.15, 0.2) is 24.3 Å². The molecule has 0 saturated carbocycles. The van der Waals surface area contributed by atoms with Gasteiger partial charge in [0.1, 0.15) is 5.82 Å². The topological polar surface area (TPSA) is 120 Å². The van der Waals surface area contributed by atoms with Gasteiger partial charge in [0.25, 0.3) is 0 Å². The fraction of sp³-hybridized carbons (Fsp3) is 0.357. The number of carboxylic acid groups (broad SMARTS) is 1. The summed E-state index contributed by atoms with van der Waals surface area (Å²) in [6, 6.07) is 7.74. The first-order chi connectivity index (χ1) is 10.1. The third kappa shape index (κ3) is 2.47. The van der Waals surface area contributed by atoms with E-state index in [0.29, 0.717) is 25.3 Å². The number of nitrogen functional groups attached to an aromatic ring is 1. The van der Waals surface area contributed by atoms with E-state index in [1.165, 1.54) is 0 Å². The Balaban J connectivity index is 1.96. The molecule has 5 N–H and O–H groups in total. The standard InChI is InChI=1S/C14H17N5O2/c15-6-8-1-3-9(4-2-8)11-7-19-12(17-14(16)18-19)5-10(11)13(20)21/h1-4,10-11H,5-7,15H2,(H2,16,18)(H,20,21). The molecule has 7 nitrogen and oxygen atoms in total. The number of nitrogens with two attached hydrogens (primary N) is 2. The molecule has 21 heavy (non-hydrogen) atoms. The first-order valence-corrected chi connectivity index (χ1v) is 6.79. The summed E-state index contributed by atoms with van der Waals surface area (Å²) in [6.07, 6.45) is 0.336. The van der Waals surface area contributed by atoms with Crippen LogP contribution >= 0.6 is 0 Å². The van der Waals surface area contributed by atoms with Gasteiger partial charge in [0.15, 0.2) is 0 Å². The summed E-state index contributed by atoms with van der Waals surface area (Å²) in [7, 11) is 0. The highest BCUT2D eigenvalue weighted by molar-refractivity contribution is 5.72. The Bertz CT molecular complexity index is 665. The Hall–Kier alpha value is -2.41. The van der Waals surface area contributed by atoms with E-state index in [1.54, 1.807) is 4.68 Å². The van der Waals surface area contributed by atoms with Crippen molar-refractivity contribution in [1.82, 2.24) is 14.8 Å². The first-order valence-electron chi connectivity index (χ1n) is 6.79. The van der Waals surface area contributed by atoms with Crippen molar-refractivity contribution >= 4 is 11.9 Å². The molecular weight excluding hydrogens is 270 g/mol. The van der Waals surface area contributed by atoms with Crippen LogP contribution in [-0.2, 0) is 24.3 Å². The van der Waals surface area contributed by atoms with Crippen molar-refractivity contribution in [1.29, 1.82) is 0 Å². The Morgan fingerprint density at radius 2 is 2.10 bits per heavy atom. The van der Waals surface area contributed by atoms with Crippen molar-refractivity contribution in [3.8, 4) is 0 Å². The van der Waals surface area contributed by atoms with Gasteiger partial charge < -0.3 is 16.6 Å².